The van der Waals surface area contributed by atoms with E-state index in [9.17, 15) is 19.2 Å². The standard InChI is InChI=1S/C34H26N4O4/c39-31(35-23-13-5-1-6-14-23)27-21-29(33(41)37-25-17-9-3-10-18-25)30(34(42)38-26-19-11-4-12-20-26)22-28(27)32(40)36-24-15-7-2-8-16-24/h1-22H,(H,35,39)(H,36,40)(H,37,41)(H,38,42). The van der Waals surface area contributed by atoms with Gasteiger partial charge in [0.1, 0.15) is 0 Å². The van der Waals surface area contributed by atoms with Gasteiger partial charge in [0.2, 0.25) is 0 Å². The van der Waals surface area contributed by atoms with Crippen molar-refractivity contribution < 1.29 is 19.2 Å². The van der Waals surface area contributed by atoms with E-state index in [1.165, 1.54) is 12.1 Å². The van der Waals surface area contributed by atoms with Gasteiger partial charge in [0.05, 0.1) is 22.3 Å². The van der Waals surface area contributed by atoms with Crippen LogP contribution >= 0.6 is 0 Å². The van der Waals surface area contributed by atoms with Gasteiger partial charge < -0.3 is 21.3 Å². The molecule has 5 rings (SSSR count). The summed E-state index contributed by atoms with van der Waals surface area (Å²) in [6.45, 7) is 0. The highest BCUT2D eigenvalue weighted by Crippen LogP contribution is 2.24. The number of benzene rings is 5. The molecule has 0 fully saturated rings. The lowest BCUT2D eigenvalue weighted by Gasteiger charge is -2.17. The summed E-state index contributed by atoms with van der Waals surface area (Å²) in [5.41, 5.74) is 1.67. The van der Waals surface area contributed by atoms with Crippen LogP contribution in [-0.2, 0) is 0 Å². The fourth-order valence-electron chi connectivity index (χ4n) is 4.23. The Morgan fingerprint density at radius 2 is 0.500 bits per heavy atom. The van der Waals surface area contributed by atoms with Crippen molar-refractivity contribution in [1.29, 1.82) is 0 Å². The third-order valence-corrected chi connectivity index (χ3v) is 6.26. The molecule has 0 aliphatic heterocycles. The van der Waals surface area contributed by atoms with Crippen LogP contribution in [0.3, 0.4) is 0 Å². The molecule has 206 valence electrons. The van der Waals surface area contributed by atoms with Crippen LogP contribution in [0.5, 0.6) is 0 Å². The van der Waals surface area contributed by atoms with Gasteiger partial charge in [0.15, 0.2) is 0 Å². The van der Waals surface area contributed by atoms with E-state index in [2.05, 4.69) is 21.3 Å². The molecule has 5 aromatic carbocycles. The Morgan fingerprint density at radius 3 is 0.690 bits per heavy atom. The Kier molecular flexibility index (Phi) is 8.45. The molecule has 0 spiro atoms. The number of hydrogen-bond donors (Lipinski definition) is 4. The molecule has 0 bridgehead atoms. The molecule has 4 amide bonds. The first-order valence-corrected chi connectivity index (χ1v) is 13.1. The van der Waals surface area contributed by atoms with Crippen molar-refractivity contribution in [3.05, 3.63) is 156 Å². The third-order valence-electron chi connectivity index (χ3n) is 6.26. The molecule has 42 heavy (non-hydrogen) atoms. The van der Waals surface area contributed by atoms with E-state index in [1.54, 1.807) is 121 Å². The van der Waals surface area contributed by atoms with Crippen LogP contribution in [0, 0.1) is 0 Å². The predicted octanol–water partition coefficient (Wildman–Crippen LogP) is 6.70. The summed E-state index contributed by atoms with van der Waals surface area (Å²) in [5.74, 6) is -2.49. The maximum absolute atomic E-state index is 13.6. The van der Waals surface area contributed by atoms with Gasteiger partial charge in [0.25, 0.3) is 23.6 Å². The summed E-state index contributed by atoms with van der Waals surface area (Å²) in [5, 5.41) is 11.1. The number of rotatable bonds is 8. The Balaban J connectivity index is 1.61. The summed E-state index contributed by atoms with van der Waals surface area (Å²) in [4.78, 5) is 54.3. The van der Waals surface area contributed by atoms with Crippen molar-refractivity contribution in [3.8, 4) is 0 Å². The number of hydrogen-bond acceptors (Lipinski definition) is 4. The molecule has 0 saturated heterocycles. The maximum Gasteiger partial charge on any atom is 0.256 e. The van der Waals surface area contributed by atoms with Gasteiger partial charge in [0, 0.05) is 22.7 Å². The Hall–Kier alpha value is -6.02. The van der Waals surface area contributed by atoms with Crippen molar-refractivity contribution in [3.63, 3.8) is 0 Å². The molecule has 0 saturated carbocycles. The van der Waals surface area contributed by atoms with Gasteiger partial charge in [-0.3, -0.25) is 19.2 Å². The lowest BCUT2D eigenvalue weighted by atomic mass is 9.95. The van der Waals surface area contributed by atoms with E-state index in [1.807, 2.05) is 0 Å². The van der Waals surface area contributed by atoms with Crippen LogP contribution in [0.1, 0.15) is 41.4 Å². The fourth-order valence-corrected chi connectivity index (χ4v) is 4.23. The second-order valence-electron chi connectivity index (χ2n) is 9.22. The molecule has 0 aromatic heterocycles. The molecule has 8 heteroatoms. The van der Waals surface area contributed by atoms with E-state index >= 15 is 0 Å². The Bertz CT molecular complexity index is 1470. The van der Waals surface area contributed by atoms with Crippen molar-refractivity contribution in [2.45, 2.75) is 0 Å². The number of para-hydroxylation sites is 4. The van der Waals surface area contributed by atoms with E-state index < -0.39 is 23.6 Å². The highest BCUT2D eigenvalue weighted by Gasteiger charge is 2.26. The van der Waals surface area contributed by atoms with Gasteiger partial charge in [-0.1, -0.05) is 72.8 Å². The van der Waals surface area contributed by atoms with Crippen molar-refractivity contribution in [2.75, 3.05) is 21.3 Å². The minimum Gasteiger partial charge on any atom is -0.322 e. The van der Waals surface area contributed by atoms with Crippen LogP contribution < -0.4 is 21.3 Å². The smallest absolute Gasteiger partial charge is 0.256 e. The molecule has 4 N–H and O–H groups in total. The van der Waals surface area contributed by atoms with Crippen LogP contribution in [0.4, 0.5) is 22.7 Å². The van der Waals surface area contributed by atoms with Gasteiger partial charge in [-0.25, -0.2) is 0 Å². The zero-order valence-electron chi connectivity index (χ0n) is 22.3. The highest BCUT2D eigenvalue weighted by molar-refractivity contribution is 6.21. The summed E-state index contributed by atoms with van der Waals surface area (Å²) in [6.07, 6.45) is 0. The summed E-state index contributed by atoms with van der Waals surface area (Å²) < 4.78 is 0. The Labute approximate surface area is 242 Å². The molecule has 0 aliphatic carbocycles. The molecular weight excluding hydrogens is 528 g/mol. The van der Waals surface area contributed by atoms with Crippen molar-refractivity contribution in [1.82, 2.24) is 0 Å². The zero-order valence-corrected chi connectivity index (χ0v) is 22.3. The van der Waals surface area contributed by atoms with Crippen LogP contribution in [-0.4, -0.2) is 23.6 Å². The third kappa shape index (κ3) is 6.75. The fraction of sp³-hybridized carbons (Fsp3) is 0. The lowest BCUT2D eigenvalue weighted by Crippen LogP contribution is -2.26. The van der Waals surface area contributed by atoms with E-state index in [0.29, 0.717) is 22.7 Å². The largest absolute Gasteiger partial charge is 0.322 e. The normalized spacial score (nSPS) is 10.3. The molecule has 5 aromatic rings. The quantitative estimate of drug-likeness (QED) is 0.171. The number of anilines is 4. The number of carbonyl (C=O) groups is 4. The van der Waals surface area contributed by atoms with Crippen LogP contribution in [0.25, 0.3) is 0 Å². The lowest BCUT2D eigenvalue weighted by molar-refractivity contribution is 0.0980. The molecule has 0 heterocycles. The summed E-state index contributed by atoms with van der Waals surface area (Å²) in [7, 11) is 0. The molecule has 0 unspecified atom stereocenters. The SMILES string of the molecule is O=C(Nc1ccccc1)c1cc(C(=O)Nc2ccccc2)c(C(=O)Nc2ccccc2)cc1C(=O)Nc1ccccc1. The molecule has 0 aliphatic rings. The van der Waals surface area contributed by atoms with Crippen LogP contribution in [0.15, 0.2) is 133 Å². The van der Waals surface area contributed by atoms with Gasteiger partial charge in [-0.15, -0.1) is 0 Å². The first-order valence-electron chi connectivity index (χ1n) is 13.1. The van der Waals surface area contributed by atoms with E-state index in [-0.39, 0.29) is 22.3 Å². The van der Waals surface area contributed by atoms with Gasteiger partial charge in [-0.2, -0.15) is 0 Å². The minimum absolute atomic E-state index is 0.0817. The summed E-state index contributed by atoms with van der Waals surface area (Å²) in [6, 6.07) is 37.4. The number of nitrogens with one attached hydrogen (secondary N) is 4. The monoisotopic (exact) mass is 554 g/mol. The zero-order chi connectivity index (χ0) is 29.3. The average molecular weight is 555 g/mol. The van der Waals surface area contributed by atoms with Crippen molar-refractivity contribution >= 4 is 46.4 Å². The van der Waals surface area contributed by atoms with Gasteiger partial charge in [-0.05, 0) is 60.7 Å². The first kappa shape index (κ1) is 27.5. The highest BCUT2D eigenvalue weighted by atomic mass is 16.2. The van der Waals surface area contributed by atoms with E-state index in [0.717, 1.165) is 0 Å². The number of amides is 4. The average Bonchev–Trinajstić information content (AvgIpc) is 3.02. The second kappa shape index (κ2) is 12.9. The first-order chi connectivity index (χ1) is 20.5. The number of carbonyl (C=O) groups excluding carboxylic acids is 4. The second-order valence-corrected chi connectivity index (χ2v) is 9.22. The molecule has 8 nitrogen and oxygen atoms in total. The predicted molar refractivity (Wildman–Crippen MR) is 164 cm³/mol. The maximum atomic E-state index is 13.6. The summed E-state index contributed by atoms with van der Waals surface area (Å²) >= 11 is 0. The minimum atomic E-state index is -0.622. The van der Waals surface area contributed by atoms with Gasteiger partial charge >= 0.3 is 0 Å². The van der Waals surface area contributed by atoms with Crippen LogP contribution in [0.2, 0.25) is 0 Å². The topological polar surface area (TPSA) is 116 Å². The molecular formula is C34H26N4O4. The Morgan fingerprint density at radius 1 is 0.310 bits per heavy atom. The molecule has 0 atom stereocenters. The molecule has 0 radical (unpaired) electrons. The van der Waals surface area contributed by atoms with Crippen molar-refractivity contribution in [2.24, 2.45) is 0 Å². The van der Waals surface area contributed by atoms with E-state index in [4.69, 9.17) is 0 Å².